The predicted octanol–water partition coefficient (Wildman–Crippen LogP) is 1.62. The molecule has 1 aromatic rings. The van der Waals surface area contributed by atoms with E-state index in [1.165, 1.54) is 26.0 Å². The van der Waals surface area contributed by atoms with E-state index in [2.05, 4.69) is 4.72 Å². The SMILES string of the molecule is CC(C)(O)CNS(=O)(=O)c1ccc(Cl)c(N)c1Cl. The minimum Gasteiger partial charge on any atom is -0.396 e. The number of benzene rings is 1. The summed E-state index contributed by atoms with van der Waals surface area (Å²) in [5, 5.41) is 9.54. The van der Waals surface area contributed by atoms with Crippen LogP contribution in [0, 0.1) is 0 Å². The largest absolute Gasteiger partial charge is 0.396 e. The normalized spacial score (nSPS) is 12.7. The minimum atomic E-state index is -3.84. The maximum absolute atomic E-state index is 12.0. The number of nitrogens with one attached hydrogen (secondary N) is 1. The molecule has 0 heterocycles. The predicted molar refractivity (Wildman–Crippen MR) is 72.4 cm³/mol. The van der Waals surface area contributed by atoms with Gasteiger partial charge in [0.25, 0.3) is 0 Å². The van der Waals surface area contributed by atoms with Gasteiger partial charge in [0, 0.05) is 6.54 Å². The third-order valence-electron chi connectivity index (χ3n) is 2.08. The average Bonchev–Trinajstić information content (AvgIpc) is 2.22. The van der Waals surface area contributed by atoms with Crippen LogP contribution in [-0.4, -0.2) is 25.7 Å². The Balaban J connectivity index is 3.11. The van der Waals surface area contributed by atoms with Crippen molar-refractivity contribution in [3.8, 4) is 0 Å². The molecule has 0 aliphatic heterocycles. The van der Waals surface area contributed by atoms with Crippen molar-refractivity contribution in [2.75, 3.05) is 12.3 Å². The number of nitrogens with two attached hydrogens (primary N) is 1. The fourth-order valence-corrected chi connectivity index (χ4v) is 3.07. The van der Waals surface area contributed by atoms with E-state index in [0.29, 0.717) is 0 Å². The van der Waals surface area contributed by atoms with Gasteiger partial charge in [-0.05, 0) is 26.0 Å². The van der Waals surface area contributed by atoms with Gasteiger partial charge in [-0.2, -0.15) is 0 Å². The zero-order valence-corrected chi connectivity index (χ0v) is 12.2. The van der Waals surface area contributed by atoms with Crippen molar-refractivity contribution in [3.05, 3.63) is 22.2 Å². The van der Waals surface area contributed by atoms with Gasteiger partial charge >= 0.3 is 0 Å². The molecular weight excluding hydrogens is 299 g/mol. The molecule has 5 nitrogen and oxygen atoms in total. The molecule has 0 bridgehead atoms. The topological polar surface area (TPSA) is 92.4 Å². The number of aliphatic hydroxyl groups is 1. The highest BCUT2D eigenvalue weighted by Crippen LogP contribution is 2.32. The molecule has 102 valence electrons. The van der Waals surface area contributed by atoms with Crippen molar-refractivity contribution >= 4 is 38.9 Å². The Morgan fingerprint density at radius 3 is 2.44 bits per heavy atom. The molecule has 0 fully saturated rings. The van der Waals surface area contributed by atoms with E-state index >= 15 is 0 Å². The van der Waals surface area contributed by atoms with Gasteiger partial charge in [0.1, 0.15) is 4.90 Å². The molecule has 0 aliphatic carbocycles. The van der Waals surface area contributed by atoms with E-state index in [1.54, 1.807) is 0 Å². The molecular formula is C10H14Cl2N2O3S. The van der Waals surface area contributed by atoms with Crippen molar-refractivity contribution in [1.29, 1.82) is 0 Å². The summed E-state index contributed by atoms with van der Waals surface area (Å²) in [4.78, 5) is -0.171. The molecule has 0 aliphatic rings. The lowest BCUT2D eigenvalue weighted by Crippen LogP contribution is -2.38. The number of rotatable bonds is 4. The van der Waals surface area contributed by atoms with Gasteiger partial charge in [-0.25, -0.2) is 13.1 Å². The third-order valence-corrected chi connectivity index (χ3v) is 4.37. The maximum atomic E-state index is 12.0. The maximum Gasteiger partial charge on any atom is 0.242 e. The van der Waals surface area contributed by atoms with E-state index in [4.69, 9.17) is 28.9 Å². The van der Waals surface area contributed by atoms with Gasteiger partial charge < -0.3 is 10.8 Å². The fraction of sp³-hybridized carbons (Fsp3) is 0.400. The molecule has 0 spiro atoms. The molecule has 0 saturated heterocycles. The number of hydrogen-bond acceptors (Lipinski definition) is 4. The molecule has 0 atom stereocenters. The smallest absolute Gasteiger partial charge is 0.242 e. The second-order valence-electron chi connectivity index (χ2n) is 4.41. The van der Waals surface area contributed by atoms with Crippen LogP contribution in [0.25, 0.3) is 0 Å². The van der Waals surface area contributed by atoms with Gasteiger partial charge in [0.15, 0.2) is 0 Å². The Labute approximate surface area is 116 Å². The Bertz CT molecular complexity index is 553. The van der Waals surface area contributed by atoms with Gasteiger partial charge in [-0.1, -0.05) is 23.2 Å². The minimum absolute atomic E-state index is 0.00414. The van der Waals surface area contributed by atoms with Crippen LogP contribution in [0.15, 0.2) is 17.0 Å². The van der Waals surface area contributed by atoms with E-state index in [9.17, 15) is 13.5 Å². The van der Waals surface area contributed by atoms with E-state index in [0.717, 1.165) is 0 Å². The van der Waals surface area contributed by atoms with Crippen LogP contribution in [0.4, 0.5) is 5.69 Å². The summed E-state index contributed by atoms with van der Waals surface area (Å²) in [5.41, 5.74) is 4.39. The zero-order chi connectivity index (χ0) is 14.1. The van der Waals surface area contributed by atoms with E-state index < -0.39 is 15.6 Å². The number of hydrogen-bond donors (Lipinski definition) is 3. The zero-order valence-electron chi connectivity index (χ0n) is 9.87. The van der Waals surface area contributed by atoms with Crippen LogP contribution >= 0.6 is 23.2 Å². The Kier molecular flexibility index (Phi) is 4.51. The molecule has 0 unspecified atom stereocenters. The number of nitrogen functional groups attached to an aromatic ring is 1. The standard InChI is InChI=1S/C10H14Cl2N2O3S/c1-10(2,15)5-14-18(16,17)7-4-3-6(11)9(13)8(7)12/h3-4,14-15H,5,13H2,1-2H3. The van der Waals surface area contributed by atoms with Crippen LogP contribution in [0.2, 0.25) is 10.0 Å². The van der Waals surface area contributed by atoms with Gasteiger partial charge in [0.05, 0.1) is 21.3 Å². The molecule has 18 heavy (non-hydrogen) atoms. The first-order chi connectivity index (χ1) is 8.04. The molecule has 8 heteroatoms. The Morgan fingerprint density at radius 2 is 1.94 bits per heavy atom. The van der Waals surface area contributed by atoms with Crippen LogP contribution in [-0.2, 0) is 10.0 Å². The second-order valence-corrected chi connectivity index (χ2v) is 6.93. The summed E-state index contributed by atoms with van der Waals surface area (Å²) in [6.07, 6.45) is 0. The van der Waals surface area contributed by atoms with Crippen molar-refractivity contribution in [3.63, 3.8) is 0 Å². The number of anilines is 1. The lowest BCUT2D eigenvalue weighted by atomic mass is 10.1. The summed E-state index contributed by atoms with van der Waals surface area (Å²) in [7, 11) is -3.84. The molecule has 0 amide bonds. The highest BCUT2D eigenvalue weighted by atomic mass is 35.5. The van der Waals surface area contributed by atoms with Crippen molar-refractivity contribution in [1.82, 2.24) is 4.72 Å². The molecule has 4 N–H and O–H groups in total. The van der Waals surface area contributed by atoms with E-state index in [-0.39, 0.29) is 27.2 Å². The lowest BCUT2D eigenvalue weighted by molar-refractivity contribution is 0.0857. The third kappa shape index (κ3) is 3.73. The summed E-state index contributed by atoms with van der Waals surface area (Å²) < 4.78 is 26.2. The summed E-state index contributed by atoms with van der Waals surface area (Å²) in [5.74, 6) is 0. The molecule has 1 rings (SSSR count). The number of sulfonamides is 1. The Morgan fingerprint density at radius 1 is 1.39 bits per heavy atom. The summed E-state index contributed by atoms with van der Waals surface area (Å²) in [6.45, 7) is 2.81. The first kappa shape index (κ1) is 15.5. The molecule has 0 saturated carbocycles. The van der Waals surface area contributed by atoms with Gasteiger partial charge in [0.2, 0.25) is 10.0 Å². The first-order valence-electron chi connectivity index (χ1n) is 5.00. The first-order valence-corrected chi connectivity index (χ1v) is 7.24. The number of halogens is 2. The monoisotopic (exact) mass is 312 g/mol. The van der Waals surface area contributed by atoms with Crippen LogP contribution in [0.5, 0.6) is 0 Å². The highest BCUT2D eigenvalue weighted by molar-refractivity contribution is 7.89. The van der Waals surface area contributed by atoms with Crippen molar-refractivity contribution in [2.45, 2.75) is 24.3 Å². The Hall–Kier alpha value is -0.530. The van der Waals surface area contributed by atoms with Crippen LogP contribution < -0.4 is 10.5 Å². The average molecular weight is 313 g/mol. The molecule has 0 aromatic heterocycles. The fourth-order valence-electron chi connectivity index (χ4n) is 1.11. The molecule has 1 aromatic carbocycles. The van der Waals surface area contributed by atoms with E-state index in [1.807, 2.05) is 0 Å². The van der Waals surface area contributed by atoms with Crippen LogP contribution in [0.3, 0.4) is 0 Å². The lowest BCUT2D eigenvalue weighted by Gasteiger charge is -2.18. The second kappa shape index (κ2) is 5.22. The van der Waals surface area contributed by atoms with Crippen molar-refractivity contribution < 1.29 is 13.5 Å². The van der Waals surface area contributed by atoms with Crippen LogP contribution in [0.1, 0.15) is 13.8 Å². The van der Waals surface area contributed by atoms with Crippen molar-refractivity contribution in [2.24, 2.45) is 0 Å². The highest BCUT2D eigenvalue weighted by Gasteiger charge is 2.23. The summed E-state index contributed by atoms with van der Waals surface area (Å²) >= 11 is 11.6. The quantitative estimate of drug-likeness (QED) is 0.737. The van der Waals surface area contributed by atoms with Gasteiger partial charge in [-0.3, -0.25) is 0 Å². The molecule has 0 radical (unpaired) electrons. The summed E-state index contributed by atoms with van der Waals surface area (Å²) in [6, 6.07) is 2.61. The van der Waals surface area contributed by atoms with Gasteiger partial charge in [-0.15, -0.1) is 0 Å².